The average Bonchev–Trinajstić information content (AvgIpc) is 3.05. The molecule has 1 saturated heterocycles. The van der Waals surface area contributed by atoms with Gasteiger partial charge in [-0.15, -0.1) is 0 Å². The largest absolute Gasteiger partial charge is 0.490 e. The van der Waals surface area contributed by atoms with Crippen molar-refractivity contribution in [3.8, 4) is 0 Å². The van der Waals surface area contributed by atoms with E-state index in [1.165, 1.54) is 0 Å². The Morgan fingerprint density at radius 2 is 1.62 bits per heavy atom. The zero-order valence-electron chi connectivity index (χ0n) is 19.2. The van der Waals surface area contributed by atoms with Gasteiger partial charge in [-0.1, -0.05) is 6.07 Å². The van der Waals surface area contributed by atoms with Crippen molar-refractivity contribution >= 4 is 23.5 Å². The van der Waals surface area contributed by atoms with E-state index in [1.54, 1.807) is 0 Å². The van der Waals surface area contributed by atoms with Gasteiger partial charge in [0.15, 0.2) is 6.23 Å². The highest BCUT2D eigenvalue weighted by molar-refractivity contribution is 7.66. The topological polar surface area (TPSA) is 254 Å². The molecule has 2 heterocycles. The van der Waals surface area contributed by atoms with Gasteiger partial charge in [0.1, 0.15) is 29.9 Å². The lowest BCUT2D eigenvalue weighted by molar-refractivity contribution is -0.0548. The summed E-state index contributed by atoms with van der Waals surface area (Å²) >= 11 is 0. The average molecular weight is 624 g/mol. The lowest BCUT2D eigenvalue weighted by atomic mass is 10.1. The number of halogens is 2. The molecule has 0 amide bonds. The third-order valence-corrected chi connectivity index (χ3v) is 8.95. The highest BCUT2D eigenvalue weighted by Crippen LogP contribution is 2.66. The summed E-state index contributed by atoms with van der Waals surface area (Å²) in [6, 6.07) is 3.62. The van der Waals surface area contributed by atoms with Gasteiger partial charge in [-0.05, 0) is 18.1 Å². The molecule has 1 fully saturated rings. The minimum atomic E-state index is -5.81. The molecular formula is C17H21F2N2O15P3. The number of benzene rings is 1. The number of rotatable bonds is 11. The number of aromatic nitrogens is 2. The number of aliphatic hydroxyl groups excluding tert-OH is 2. The zero-order chi connectivity index (χ0) is 29.3. The molecule has 0 spiro atoms. The Labute approximate surface area is 215 Å². The Balaban J connectivity index is 1.73. The van der Waals surface area contributed by atoms with E-state index in [9.17, 15) is 47.2 Å². The van der Waals surface area contributed by atoms with Gasteiger partial charge in [-0.25, -0.2) is 27.3 Å². The smallest absolute Gasteiger partial charge is 0.387 e. The van der Waals surface area contributed by atoms with E-state index >= 15 is 0 Å². The zero-order valence-corrected chi connectivity index (χ0v) is 21.9. The van der Waals surface area contributed by atoms with Crippen LogP contribution in [0.2, 0.25) is 0 Å². The van der Waals surface area contributed by atoms with Crippen molar-refractivity contribution < 1.29 is 70.1 Å². The van der Waals surface area contributed by atoms with Crippen molar-refractivity contribution in [1.29, 1.82) is 0 Å². The fourth-order valence-corrected chi connectivity index (χ4v) is 6.49. The van der Waals surface area contributed by atoms with E-state index in [0.717, 1.165) is 24.4 Å². The Morgan fingerprint density at radius 3 is 2.23 bits per heavy atom. The maximum Gasteiger partial charge on any atom is 0.490 e. The Morgan fingerprint density at radius 1 is 0.949 bits per heavy atom. The number of ether oxygens (including phenoxy) is 1. The maximum atomic E-state index is 13.9. The number of phosphoric acid groups is 3. The second-order valence-electron chi connectivity index (χ2n) is 7.91. The molecule has 39 heavy (non-hydrogen) atoms. The number of aryl methyl sites for hydroxylation is 1. The number of hydrogen-bond acceptors (Lipinski definition) is 11. The van der Waals surface area contributed by atoms with Gasteiger partial charge in [0.25, 0.3) is 5.56 Å². The van der Waals surface area contributed by atoms with E-state index in [0.29, 0.717) is 15.2 Å². The first-order valence-electron chi connectivity index (χ1n) is 10.4. The molecule has 1 aromatic heterocycles. The molecule has 1 aromatic carbocycles. The number of nitrogens with zero attached hydrogens (tertiary/aromatic N) is 2. The van der Waals surface area contributed by atoms with Crippen molar-refractivity contribution in [3.63, 3.8) is 0 Å². The molecule has 218 valence electrons. The predicted octanol–water partition coefficient (Wildman–Crippen LogP) is -0.507. The minimum Gasteiger partial charge on any atom is -0.387 e. The minimum absolute atomic E-state index is 0.00263. The molecule has 0 saturated carbocycles. The summed E-state index contributed by atoms with van der Waals surface area (Å²) in [5.74, 6) is -1.74. The second-order valence-corrected chi connectivity index (χ2v) is 12.3. The van der Waals surface area contributed by atoms with E-state index in [2.05, 4.69) is 13.1 Å². The number of hydrogen-bond donors (Lipinski definition) is 6. The molecule has 1 aliphatic rings. The van der Waals surface area contributed by atoms with Gasteiger partial charge in [-0.3, -0.25) is 18.5 Å². The summed E-state index contributed by atoms with van der Waals surface area (Å²) in [5, 5.41) is 20.6. The molecule has 1 aliphatic heterocycles. The van der Waals surface area contributed by atoms with Crippen LogP contribution in [0.25, 0.3) is 0 Å². The van der Waals surface area contributed by atoms with Crippen molar-refractivity contribution in [3.05, 3.63) is 68.5 Å². The Kier molecular flexibility index (Phi) is 9.62. The van der Waals surface area contributed by atoms with Gasteiger partial charge in [0, 0.05) is 24.9 Å². The van der Waals surface area contributed by atoms with Gasteiger partial charge in [-0.2, -0.15) is 8.62 Å². The first kappa shape index (κ1) is 31.6. The van der Waals surface area contributed by atoms with Crippen LogP contribution in [-0.2, 0) is 44.5 Å². The van der Waals surface area contributed by atoms with Gasteiger partial charge in [0.05, 0.1) is 6.61 Å². The summed E-state index contributed by atoms with van der Waals surface area (Å²) < 4.78 is 79.1. The normalized spacial score (nSPS) is 24.8. The Bertz CT molecular complexity index is 1480. The summed E-state index contributed by atoms with van der Waals surface area (Å²) in [4.78, 5) is 60.9. The molecule has 3 rings (SSSR count). The van der Waals surface area contributed by atoms with Crippen molar-refractivity contribution in [2.45, 2.75) is 37.5 Å². The van der Waals surface area contributed by atoms with Crippen LogP contribution >= 0.6 is 23.5 Å². The molecule has 6 N–H and O–H groups in total. The summed E-state index contributed by atoms with van der Waals surface area (Å²) in [5.41, 5.74) is -1.90. The molecule has 0 aliphatic carbocycles. The van der Waals surface area contributed by atoms with Crippen molar-refractivity contribution in [2.75, 3.05) is 6.61 Å². The monoisotopic (exact) mass is 624 g/mol. The SMILES string of the molecule is O=c1ccn([C@@H]2O[C@H](COP(=O)(O)OP(=O)(O)OP(=O)(O)O)[C@H](O)C2O)c(=O)n1CCc1ccc(F)cc1F. The van der Waals surface area contributed by atoms with Gasteiger partial charge >= 0.3 is 29.2 Å². The third-order valence-electron chi connectivity index (χ3n) is 5.14. The highest BCUT2D eigenvalue weighted by Gasteiger charge is 2.46. The summed E-state index contributed by atoms with van der Waals surface area (Å²) in [7, 11) is -17.0. The van der Waals surface area contributed by atoms with Crippen LogP contribution in [0, 0.1) is 11.6 Å². The fraction of sp³-hybridized carbons (Fsp3) is 0.412. The van der Waals surface area contributed by atoms with Crippen LogP contribution in [0.5, 0.6) is 0 Å². The van der Waals surface area contributed by atoms with Crippen LogP contribution in [-0.4, -0.2) is 63.8 Å². The molecule has 6 atom stereocenters. The van der Waals surface area contributed by atoms with Crippen LogP contribution in [0.4, 0.5) is 8.78 Å². The van der Waals surface area contributed by atoms with E-state index in [4.69, 9.17) is 19.4 Å². The number of phosphoric ester groups is 1. The third kappa shape index (κ3) is 8.28. The fourth-order valence-electron chi connectivity index (χ4n) is 3.46. The first-order chi connectivity index (χ1) is 17.9. The quantitative estimate of drug-likeness (QED) is 0.172. The molecule has 17 nitrogen and oxygen atoms in total. The molecule has 0 radical (unpaired) electrons. The predicted molar refractivity (Wildman–Crippen MR) is 121 cm³/mol. The van der Waals surface area contributed by atoms with Gasteiger partial charge < -0.3 is 34.5 Å². The lowest BCUT2D eigenvalue weighted by Gasteiger charge is -2.19. The molecular weight excluding hydrogens is 603 g/mol. The highest BCUT2D eigenvalue weighted by atomic mass is 31.3. The molecule has 3 unspecified atom stereocenters. The van der Waals surface area contributed by atoms with Crippen LogP contribution in [0.3, 0.4) is 0 Å². The lowest BCUT2D eigenvalue weighted by Crippen LogP contribution is -2.43. The molecule has 0 bridgehead atoms. The van der Waals surface area contributed by atoms with Crippen LogP contribution in [0.1, 0.15) is 11.8 Å². The van der Waals surface area contributed by atoms with E-state index in [-0.39, 0.29) is 18.5 Å². The van der Waals surface area contributed by atoms with E-state index < -0.39 is 77.5 Å². The first-order valence-corrected chi connectivity index (χ1v) is 15.0. The molecule has 22 heteroatoms. The van der Waals surface area contributed by atoms with Gasteiger partial charge in [0.2, 0.25) is 0 Å². The molecule has 2 aromatic rings. The van der Waals surface area contributed by atoms with E-state index in [1.807, 2.05) is 0 Å². The maximum absolute atomic E-state index is 13.9. The van der Waals surface area contributed by atoms with Crippen molar-refractivity contribution in [1.82, 2.24) is 9.13 Å². The van der Waals surface area contributed by atoms with Crippen LogP contribution in [0.15, 0.2) is 40.1 Å². The van der Waals surface area contributed by atoms with Crippen LogP contribution < -0.4 is 11.2 Å². The summed E-state index contributed by atoms with van der Waals surface area (Å²) in [6.45, 7) is -1.50. The Hall–Kier alpha value is -1.95. The summed E-state index contributed by atoms with van der Waals surface area (Å²) in [6.07, 6.45) is -6.47. The van der Waals surface area contributed by atoms with Crippen molar-refractivity contribution in [2.24, 2.45) is 0 Å². The number of aliphatic hydroxyl groups is 2. The second kappa shape index (κ2) is 11.9. The standard InChI is InChI=1S/C17H21F2N2O15P3/c18-10-2-1-9(11(19)7-10)3-5-20-13(22)4-6-21(17(20)25)16-15(24)14(23)12(34-16)8-33-38(29,30)36-39(31,32)35-37(26,27)28/h1-2,4,6-7,12,14-16,23-24H,3,5,8H2,(H,29,30)(H,31,32)(H2,26,27,28)/t12-,14+,15?,16-/m1/s1.